The Balaban J connectivity index is 2.41. The lowest BCUT2D eigenvalue weighted by molar-refractivity contribution is 0.158. The van der Waals surface area contributed by atoms with Crippen LogP contribution in [0.2, 0.25) is 0 Å². The summed E-state index contributed by atoms with van der Waals surface area (Å²) < 4.78 is 0. The molecule has 0 bridgehead atoms. The zero-order valence-corrected chi connectivity index (χ0v) is 7.79. The summed E-state index contributed by atoms with van der Waals surface area (Å²) >= 11 is 0. The second-order valence-corrected chi connectivity index (χ2v) is 3.70. The molecular weight excluding hydrogens is 160 g/mol. The molecule has 1 atom stereocenters. The molecule has 1 unspecified atom stereocenters. The van der Waals surface area contributed by atoms with E-state index in [0.29, 0.717) is 0 Å². The molecule has 69 valence electrons. The van der Waals surface area contributed by atoms with E-state index in [1.54, 1.807) is 0 Å². The van der Waals surface area contributed by atoms with E-state index >= 15 is 0 Å². The molecule has 0 spiro atoms. The lowest BCUT2D eigenvalue weighted by atomic mass is 9.86. The number of aliphatic hydroxyl groups is 1. The van der Waals surface area contributed by atoms with Gasteiger partial charge in [-0.05, 0) is 49.3 Å². The summed E-state index contributed by atoms with van der Waals surface area (Å²) in [5.74, 6) is 0. The number of fused-ring (bicyclic) bond motifs is 1. The lowest BCUT2D eigenvalue weighted by Crippen LogP contribution is -2.19. The van der Waals surface area contributed by atoms with Crippen molar-refractivity contribution >= 4 is 0 Å². The summed E-state index contributed by atoms with van der Waals surface area (Å²) in [7, 11) is 0. The number of aryl methyl sites for hydroxylation is 1. The maximum absolute atomic E-state index is 9.56. The molecule has 1 aromatic carbocycles. The van der Waals surface area contributed by atoms with Crippen LogP contribution >= 0.6 is 0 Å². The molecule has 0 fully saturated rings. The largest absolute Gasteiger partial charge is 0.393 e. The Morgan fingerprint density at radius 1 is 1.46 bits per heavy atom. The summed E-state index contributed by atoms with van der Waals surface area (Å²) in [6.07, 6.45) is 3.44. The van der Waals surface area contributed by atoms with Gasteiger partial charge in [0, 0.05) is 0 Å². The van der Waals surface area contributed by atoms with Gasteiger partial charge in [-0.15, -0.1) is 0 Å². The molecule has 1 aliphatic carbocycles. The highest BCUT2D eigenvalue weighted by Gasteiger charge is 2.17. The molecular formula is C12H15O. The third-order valence-electron chi connectivity index (χ3n) is 2.83. The van der Waals surface area contributed by atoms with E-state index in [1.807, 2.05) is 0 Å². The molecule has 13 heavy (non-hydrogen) atoms. The highest BCUT2D eigenvalue weighted by atomic mass is 16.3. The van der Waals surface area contributed by atoms with Crippen LogP contribution in [0.4, 0.5) is 0 Å². The van der Waals surface area contributed by atoms with Crippen molar-refractivity contribution in [1.82, 2.24) is 0 Å². The van der Waals surface area contributed by atoms with Gasteiger partial charge >= 0.3 is 0 Å². The van der Waals surface area contributed by atoms with Crippen LogP contribution < -0.4 is 0 Å². The van der Waals surface area contributed by atoms with Crippen LogP contribution in [-0.4, -0.2) is 11.2 Å². The van der Waals surface area contributed by atoms with Gasteiger partial charge in [-0.2, -0.15) is 0 Å². The van der Waals surface area contributed by atoms with Crippen LogP contribution in [0.5, 0.6) is 0 Å². The molecule has 1 nitrogen and oxygen atoms in total. The summed E-state index contributed by atoms with van der Waals surface area (Å²) in [4.78, 5) is 0. The van der Waals surface area contributed by atoms with Crippen LogP contribution in [0.25, 0.3) is 0 Å². The number of benzene rings is 1. The Bertz CT molecular complexity index is 290. The average Bonchev–Trinajstić information content (AvgIpc) is 2.17. The molecule has 1 aliphatic rings. The highest BCUT2D eigenvalue weighted by molar-refractivity contribution is 5.38. The van der Waals surface area contributed by atoms with Crippen molar-refractivity contribution in [3.8, 4) is 0 Å². The molecule has 1 aromatic rings. The fourth-order valence-corrected chi connectivity index (χ4v) is 2.08. The molecule has 0 saturated carbocycles. The van der Waals surface area contributed by atoms with Crippen LogP contribution in [0.1, 0.15) is 23.1 Å². The van der Waals surface area contributed by atoms with E-state index < -0.39 is 0 Å². The van der Waals surface area contributed by atoms with Gasteiger partial charge in [0.2, 0.25) is 0 Å². The Kier molecular flexibility index (Phi) is 2.36. The minimum absolute atomic E-state index is 0.139. The first-order valence-electron chi connectivity index (χ1n) is 4.88. The Labute approximate surface area is 79.4 Å². The van der Waals surface area contributed by atoms with Crippen molar-refractivity contribution in [3.05, 3.63) is 41.8 Å². The van der Waals surface area contributed by atoms with Gasteiger partial charge in [-0.1, -0.05) is 18.2 Å². The van der Waals surface area contributed by atoms with Crippen molar-refractivity contribution in [2.45, 2.75) is 31.8 Å². The van der Waals surface area contributed by atoms with Crippen molar-refractivity contribution in [2.24, 2.45) is 0 Å². The van der Waals surface area contributed by atoms with Crippen LogP contribution in [0.15, 0.2) is 18.2 Å². The van der Waals surface area contributed by atoms with Crippen LogP contribution in [0.3, 0.4) is 0 Å². The van der Waals surface area contributed by atoms with E-state index in [1.165, 1.54) is 16.7 Å². The van der Waals surface area contributed by atoms with Crippen LogP contribution in [-0.2, 0) is 19.3 Å². The topological polar surface area (TPSA) is 20.2 Å². The minimum Gasteiger partial charge on any atom is -0.393 e. The van der Waals surface area contributed by atoms with E-state index in [9.17, 15) is 5.11 Å². The number of aliphatic hydroxyl groups excluding tert-OH is 1. The highest BCUT2D eigenvalue weighted by Crippen LogP contribution is 2.24. The van der Waals surface area contributed by atoms with Gasteiger partial charge in [0.1, 0.15) is 0 Å². The maximum Gasteiger partial charge on any atom is 0.0583 e. The molecule has 1 heteroatoms. The SMILES string of the molecule is [CH2]Cc1cccc2c1CC(O)CC2. The fourth-order valence-electron chi connectivity index (χ4n) is 2.08. The van der Waals surface area contributed by atoms with Gasteiger partial charge in [0.05, 0.1) is 6.10 Å². The molecule has 0 saturated heterocycles. The Hall–Kier alpha value is -0.820. The van der Waals surface area contributed by atoms with E-state index in [0.717, 1.165) is 25.7 Å². The second-order valence-electron chi connectivity index (χ2n) is 3.70. The first-order chi connectivity index (χ1) is 6.31. The van der Waals surface area contributed by atoms with E-state index in [4.69, 9.17) is 0 Å². The smallest absolute Gasteiger partial charge is 0.0583 e. The summed E-state index contributed by atoms with van der Waals surface area (Å²) in [5, 5.41) is 9.56. The zero-order chi connectivity index (χ0) is 9.26. The molecule has 0 aliphatic heterocycles. The van der Waals surface area contributed by atoms with E-state index in [2.05, 4.69) is 25.1 Å². The molecule has 1 N–H and O–H groups in total. The molecule has 0 amide bonds. The number of rotatable bonds is 1. The summed E-state index contributed by atoms with van der Waals surface area (Å²) in [5.41, 5.74) is 4.05. The van der Waals surface area contributed by atoms with Crippen molar-refractivity contribution in [3.63, 3.8) is 0 Å². The predicted molar refractivity (Wildman–Crippen MR) is 53.5 cm³/mol. The summed E-state index contributed by atoms with van der Waals surface area (Å²) in [6, 6.07) is 6.38. The van der Waals surface area contributed by atoms with E-state index in [-0.39, 0.29) is 6.10 Å². The van der Waals surface area contributed by atoms with Gasteiger partial charge in [-0.25, -0.2) is 0 Å². The van der Waals surface area contributed by atoms with Crippen molar-refractivity contribution in [2.75, 3.05) is 0 Å². The van der Waals surface area contributed by atoms with Crippen LogP contribution in [0, 0.1) is 6.92 Å². The lowest BCUT2D eigenvalue weighted by Gasteiger charge is -2.22. The monoisotopic (exact) mass is 175 g/mol. The average molecular weight is 175 g/mol. The first-order valence-corrected chi connectivity index (χ1v) is 4.88. The second kappa shape index (κ2) is 3.51. The maximum atomic E-state index is 9.56. The Morgan fingerprint density at radius 3 is 3.08 bits per heavy atom. The third kappa shape index (κ3) is 1.61. The first kappa shape index (κ1) is 8.76. The molecule has 0 aromatic heterocycles. The molecule has 2 rings (SSSR count). The van der Waals surface area contributed by atoms with Crippen molar-refractivity contribution in [1.29, 1.82) is 0 Å². The van der Waals surface area contributed by atoms with Crippen molar-refractivity contribution < 1.29 is 5.11 Å². The zero-order valence-electron chi connectivity index (χ0n) is 7.79. The standard InChI is InChI=1S/C12H15O/c1-2-9-4-3-5-10-6-7-11(13)8-12(9)10/h3-5,11,13H,1-2,6-8H2. The predicted octanol–water partition coefficient (Wildman–Crippen LogP) is 1.91. The van der Waals surface area contributed by atoms with Gasteiger partial charge < -0.3 is 5.11 Å². The molecule has 1 radical (unpaired) electrons. The number of hydrogen-bond acceptors (Lipinski definition) is 1. The Morgan fingerprint density at radius 2 is 2.31 bits per heavy atom. The van der Waals surface area contributed by atoms with Gasteiger partial charge in [0.25, 0.3) is 0 Å². The molecule has 0 heterocycles. The number of hydrogen-bond donors (Lipinski definition) is 1. The minimum atomic E-state index is -0.139. The summed E-state index contributed by atoms with van der Waals surface area (Å²) in [6.45, 7) is 3.91. The quantitative estimate of drug-likeness (QED) is 0.691. The third-order valence-corrected chi connectivity index (χ3v) is 2.83. The fraction of sp³-hybridized carbons (Fsp3) is 0.417. The van der Waals surface area contributed by atoms with Gasteiger partial charge in [0.15, 0.2) is 0 Å². The van der Waals surface area contributed by atoms with Gasteiger partial charge in [-0.3, -0.25) is 0 Å². The normalized spacial score (nSPS) is 21.2.